The maximum atomic E-state index is 13.3. The Morgan fingerprint density at radius 3 is 2.45 bits per heavy atom. The molecule has 3 rings (SSSR count). The van der Waals surface area contributed by atoms with Gasteiger partial charge in [-0.1, -0.05) is 23.7 Å². The summed E-state index contributed by atoms with van der Waals surface area (Å²) in [6.07, 6.45) is -3.58. The van der Waals surface area contributed by atoms with Crippen LogP contribution >= 0.6 is 11.6 Å². The van der Waals surface area contributed by atoms with Gasteiger partial charge in [-0.3, -0.25) is 15.0 Å². The molecular weight excluding hydrogens is 467 g/mol. The predicted molar refractivity (Wildman–Crippen MR) is 111 cm³/mol. The number of pyridine rings is 1. The number of nitrogens with one attached hydrogen (secondary N) is 3. The highest BCUT2D eigenvalue weighted by Crippen LogP contribution is 2.31. The largest absolute Gasteiger partial charge is 0.435 e. The van der Waals surface area contributed by atoms with Gasteiger partial charge in [0.2, 0.25) is 0 Å². The Kier molecular flexibility index (Phi) is 6.53. The number of carbonyl (C=O) groups is 3. The van der Waals surface area contributed by atoms with Crippen LogP contribution in [0.2, 0.25) is 5.02 Å². The Bertz CT molecular complexity index is 1240. The van der Waals surface area contributed by atoms with Crippen LogP contribution in [0.3, 0.4) is 0 Å². The number of aryl methyl sites for hydroxylation is 1. The Morgan fingerprint density at radius 2 is 1.82 bits per heavy atom. The first-order chi connectivity index (χ1) is 15.5. The molecule has 14 heteroatoms. The van der Waals surface area contributed by atoms with E-state index in [1.165, 1.54) is 30.5 Å². The maximum Gasteiger partial charge on any atom is 0.435 e. The van der Waals surface area contributed by atoms with E-state index in [0.29, 0.717) is 16.3 Å². The average Bonchev–Trinajstić information content (AvgIpc) is 3.18. The summed E-state index contributed by atoms with van der Waals surface area (Å²) in [5.41, 5.74) is 7.29. The molecule has 2 aromatic heterocycles. The molecule has 0 fully saturated rings. The molecule has 1 aromatic carbocycles. The number of carbonyl (C=O) groups excluding carboxylic acids is 3. The molecule has 0 radical (unpaired) electrons. The molecule has 10 nitrogen and oxygen atoms in total. The first-order valence-corrected chi connectivity index (χ1v) is 9.41. The van der Waals surface area contributed by atoms with Crippen molar-refractivity contribution in [3.8, 4) is 5.82 Å². The number of benzene rings is 1. The fourth-order valence-corrected chi connectivity index (χ4v) is 3.02. The van der Waals surface area contributed by atoms with Crippen molar-refractivity contribution in [3.05, 3.63) is 70.1 Å². The van der Waals surface area contributed by atoms with E-state index in [4.69, 9.17) is 17.3 Å². The number of aromatic nitrogens is 3. The quantitative estimate of drug-likeness (QED) is 0.423. The molecule has 3 aromatic rings. The van der Waals surface area contributed by atoms with Gasteiger partial charge in [-0.15, -0.1) is 0 Å². The molecule has 33 heavy (non-hydrogen) atoms. The number of nitrogens with zero attached hydrogens (tertiary/aromatic N) is 3. The summed E-state index contributed by atoms with van der Waals surface area (Å²) in [5.74, 6) is -2.05. The van der Waals surface area contributed by atoms with Crippen molar-refractivity contribution in [1.29, 1.82) is 0 Å². The SMILES string of the molecule is Cc1cccc(NC(=O)c2cc(C(F)(F)F)nn2-c2ncccc2Cl)c1C(=O)NNC(N)=O. The fraction of sp³-hybridized carbons (Fsp3) is 0.105. The molecule has 2 heterocycles. The monoisotopic (exact) mass is 481 g/mol. The number of hydrogen-bond donors (Lipinski definition) is 4. The smallest absolute Gasteiger partial charge is 0.350 e. The minimum absolute atomic E-state index is 0.0443. The van der Waals surface area contributed by atoms with Crippen LogP contribution < -0.4 is 21.9 Å². The molecule has 0 saturated heterocycles. The molecule has 5 N–H and O–H groups in total. The number of rotatable bonds is 4. The summed E-state index contributed by atoms with van der Waals surface area (Å²) < 4.78 is 40.6. The van der Waals surface area contributed by atoms with Gasteiger partial charge in [0.1, 0.15) is 5.69 Å². The number of primary amides is 1. The van der Waals surface area contributed by atoms with Crippen LogP contribution in [0.25, 0.3) is 5.82 Å². The second kappa shape index (κ2) is 9.16. The summed E-state index contributed by atoms with van der Waals surface area (Å²) in [4.78, 5) is 40.2. The van der Waals surface area contributed by atoms with Crippen molar-refractivity contribution < 1.29 is 27.6 Å². The van der Waals surface area contributed by atoms with Crippen LogP contribution in [0.4, 0.5) is 23.7 Å². The van der Waals surface area contributed by atoms with Crippen molar-refractivity contribution in [3.63, 3.8) is 0 Å². The van der Waals surface area contributed by atoms with Crippen molar-refractivity contribution in [2.45, 2.75) is 13.1 Å². The number of hydrogen-bond acceptors (Lipinski definition) is 5. The number of alkyl halides is 3. The van der Waals surface area contributed by atoms with Crippen molar-refractivity contribution in [1.82, 2.24) is 25.6 Å². The van der Waals surface area contributed by atoms with Crippen molar-refractivity contribution in [2.24, 2.45) is 5.73 Å². The number of anilines is 1. The summed E-state index contributed by atoms with van der Waals surface area (Å²) in [7, 11) is 0. The van der Waals surface area contributed by atoms with Crippen LogP contribution in [0, 0.1) is 6.92 Å². The molecule has 4 amide bonds. The van der Waals surface area contributed by atoms with Gasteiger partial charge in [-0.2, -0.15) is 18.3 Å². The number of hydrazine groups is 1. The lowest BCUT2D eigenvalue weighted by atomic mass is 10.1. The molecule has 0 bridgehead atoms. The van der Waals surface area contributed by atoms with Gasteiger partial charge in [-0.25, -0.2) is 19.9 Å². The Hall–Kier alpha value is -4.13. The molecular formula is C19H15ClF3N7O3. The van der Waals surface area contributed by atoms with E-state index < -0.39 is 35.4 Å². The van der Waals surface area contributed by atoms with E-state index in [1.54, 1.807) is 13.0 Å². The first-order valence-electron chi connectivity index (χ1n) is 9.04. The topological polar surface area (TPSA) is 144 Å². The third kappa shape index (κ3) is 5.20. The Balaban J connectivity index is 2.03. The molecule has 172 valence electrons. The van der Waals surface area contributed by atoms with Gasteiger partial charge in [0.05, 0.1) is 16.3 Å². The molecule has 0 spiro atoms. The molecule has 0 aliphatic carbocycles. The minimum Gasteiger partial charge on any atom is -0.350 e. The van der Waals surface area contributed by atoms with Gasteiger partial charge in [0.15, 0.2) is 11.5 Å². The van der Waals surface area contributed by atoms with Crippen LogP contribution in [0.15, 0.2) is 42.6 Å². The van der Waals surface area contributed by atoms with E-state index in [1.807, 2.05) is 5.43 Å². The average molecular weight is 482 g/mol. The van der Waals surface area contributed by atoms with E-state index in [-0.39, 0.29) is 22.1 Å². The minimum atomic E-state index is -4.85. The third-order valence-electron chi connectivity index (χ3n) is 4.22. The lowest BCUT2D eigenvalue weighted by Crippen LogP contribution is -2.44. The van der Waals surface area contributed by atoms with Gasteiger partial charge in [0.25, 0.3) is 11.8 Å². The van der Waals surface area contributed by atoms with Gasteiger partial charge in [0, 0.05) is 12.3 Å². The highest BCUT2D eigenvalue weighted by Gasteiger charge is 2.36. The third-order valence-corrected chi connectivity index (χ3v) is 4.51. The lowest BCUT2D eigenvalue weighted by Gasteiger charge is -2.14. The Morgan fingerprint density at radius 1 is 1.09 bits per heavy atom. The highest BCUT2D eigenvalue weighted by atomic mass is 35.5. The number of halogens is 4. The summed E-state index contributed by atoms with van der Waals surface area (Å²) >= 11 is 6.03. The maximum absolute atomic E-state index is 13.3. The second-order valence-electron chi connectivity index (χ2n) is 6.53. The molecule has 0 unspecified atom stereocenters. The van der Waals surface area contributed by atoms with Crippen LogP contribution in [0.1, 0.15) is 32.1 Å². The Labute approximate surface area is 188 Å². The zero-order valence-corrected chi connectivity index (χ0v) is 17.5. The zero-order chi connectivity index (χ0) is 24.3. The summed E-state index contributed by atoms with van der Waals surface area (Å²) in [6.45, 7) is 1.55. The molecule has 0 aliphatic rings. The van der Waals surface area contributed by atoms with Gasteiger partial charge < -0.3 is 11.1 Å². The van der Waals surface area contributed by atoms with E-state index in [9.17, 15) is 27.6 Å². The predicted octanol–water partition coefficient (Wildman–Crippen LogP) is 2.81. The van der Waals surface area contributed by atoms with E-state index in [0.717, 1.165) is 0 Å². The van der Waals surface area contributed by atoms with Gasteiger partial charge in [-0.05, 0) is 30.7 Å². The molecule has 0 atom stereocenters. The standard InChI is InChI=1S/C19H15ClF3N7O3/c1-9-4-2-6-11(14(9)17(32)27-28-18(24)33)26-16(31)12-8-13(19(21,22)23)29-30(12)15-10(20)5-3-7-25-15/h2-8H,1H3,(H,26,31)(H,27,32)(H3,24,28,33). The van der Waals surface area contributed by atoms with Crippen LogP contribution in [0.5, 0.6) is 0 Å². The van der Waals surface area contributed by atoms with E-state index >= 15 is 0 Å². The number of amides is 4. The van der Waals surface area contributed by atoms with Crippen molar-refractivity contribution in [2.75, 3.05) is 5.32 Å². The molecule has 0 aliphatic heterocycles. The van der Waals surface area contributed by atoms with Crippen LogP contribution in [-0.2, 0) is 6.18 Å². The lowest BCUT2D eigenvalue weighted by molar-refractivity contribution is -0.141. The van der Waals surface area contributed by atoms with E-state index in [2.05, 4.69) is 20.8 Å². The molecule has 0 saturated carbocycles. The highest BCUT2D eigenvalue weighted by molar-refractivity contribution is 6.32. The van der Waals surface area contributed by atoms with Crippen molar-refractivity contribution >= 4 is 35.1 Å². The zero-order valence-electron chi connectivity index (χ0n) is 16.7. The number of urea groups is 1. The first kappa shape index (κ1) is 23.5. The fourth-order valence-electron chi connectivity index (χ4n) is 2.82. The van der Waals surface area contributed by atoms with Gasteiger partial charge >= 0.3 is 12.2 Å². The van der Waals surface area contributed by atoms with Crippen LogP contribution in [-0.4, -0.2) is 32.6 Å². The normalized spacial score (nSPS) is 11.1. The number of nitrogens with two attached hydrogens (primary N) is 1. The summed E-state index contributed by atoms with van der Waals surface area (Å²) in [5, 5.41) is 5.79. The summed E-state index contributed by atoms with van der Waals surface area (Å²) in [6, 6.07) is 6.74. The second-order valence-corrected chi connectivity index (χ2v) is 6.94.